The monoisotopic (exact) mass is 280 g/mol. The molecule has 1 N–H and O–H groups in total. The molecule has 0 bridgehead atoms. The average molecular weight is 280 g/mol. The number of benzene rings is 1. The Labute approximate surface area is 118 Å². The molecule has 20 heavy (non-hydrogen) atoms. The minimum Gasteiger partial charge on any atom is -0.312 e. The van der Waals surface area contributed by atoms with Crippen LogP contribution in [-0.2, 0) is 6.54 Å². The van der Waals surface area contributed by atoms with E-state index < -0.39 is 16.4 Å². The van der Waals surface area contributed by atoms with Gasteiger partial charge in [-0.15, -0.1) is 0 Å². The van der Waals surface area contributed by atoms with Crippen LogP contribution in [0.1, 0.15) is 44.6 Å². The van der Waals surface area contributed by atoms with E-state index in [4.69, 9.17) is 0 Å². The highest BCUT2D eigenvalue weighted by molar-refractivity contribution is 5.34. The molecule has 0 saturated heterocycles. The zero-order valence-corrected chi connectivity index (χ0v) is 11.8. The summed E-state index contributed by atoms with van der Waals surface area (Å²) in [6.07, 6.45) is 6.35. The largest absolute Gasteiger partial charge is 0.312 e. The molecule has 5 heteroatoms. The molecular formula is C15H21FN2O2. The van der Waals surface area contributed by atoms with E-state index in [0.29, 0.717) is 12.0 Å². The Balaban J connectivity index is 1.88. The second kappa shape index (κ2) is 6.31. The van der Waals surface area contributed by atoms with E-state index in [1.165, 1.54) is 44.2 Å². The van der Waals surface area contributed by atoms with E-state index in [2.05, 4.69) is 12.2 Å². The van der Waals surface area contributed by atoms with Gasteiger partial charge in [-0.1, -0.05) is 32.3 Å². The number of nitrogens with zero attached hydrogens (tertiary/aromatic N) is 1. The van der Waals surface area contributed by atoms with Crippen LogP contribution in [0, 0.1) is 21.3 Å². The quantitative estimate of drug-likeness (QED) is 0.659. The molecule has 0 spiro atoms. The van der Waals surface area contributed by atoms with Gasteiger partial charge in [0, 0.05) is 19.2 Å². The van der Waals surface area contributed by atoms with Crippen LogP contribution < -0.4 is 5.32 Å². The Morgan fingerprint density at radius 3 is 2.65 bits per heavy atom. The number of rotatable bonds is 5. The molecular weight excluding hydrogens is 259 g/mol. The summed E-state index contributed by atoms with van der Waals surface area (Å²) in [6, 6.07) is 4.08. The zero-order valence-electron chi connectivity index (χ0n) is 11.8. The smallest absolute Gasteiger partial charge is 0.304 e. The van der Waals surface area contributed by atoms with Crippen molar-refractivity contribution in [1.29, 1.82) is 0 Å². The van der Waals surface area contributed by atoms with Gasteiger partial charge in [0.15, 0.2) is 0 Å². The van der Waals surface area contributed by atoms with Crippen LogP contribution in [0.5, 0.6) is 0 Å². The van der Waals surface area contributed by atoms with E-state index in [1.807, 2.05) is 0 Å². The molecule has 2 rings (SSSR count). The SMILES string of the molecule is CC1(CNCc2ccc([N+](=O)[O-])c(F)c2)CCCCC1. The van der Waals surface area contributed by atoms with Gasteiger partial charge in [-0.2, -0.15) is 4.39 Å². The highest BCUT2D eigenvalue weighted by Crippen LogP contribution is 2.35. The number of hydrogen-bond acceptors (Lipinski definition) is 3. The molecule has 110 valence electrons. The van der Waals surface area contributed by atoms with Crippen LogP contribution in [0.15, 0.2) is 18.2 Å². The normalized spacial score (nSPS) is 17.9. The summed E-state index contributed by atoms with van der Waals surface area (Å²) in [6.45, 7) is 3.74. The van der Waals surface area contributed by atoms with Gasteiger partial charge in [0.1, 0.15) is 0 Å². The summed E-state index contributed by atoms with van der Waals surface area (Å²) in [5.41, 5.74) is 0.609. The number of nitro groups is 1. The summed E-state index contributed by atoms with van der Waals surface area (Å²) < 4.78 is 13.5. The van der Waals surface area contributed by atoms with Gasteiger partial charge in [-0.3, -0.25) is 10.1 Å². The molecule has 1 aromatic rings. The lowest BCUT2D eigenvalue weighted by Gasteiger charge is -2.33. The van der Waals surface area contributed by atoms with E-state index in [9.17, 15) is 14.5 Å². The van der Waals surface area contributed by atoms with Crippen molar-refractivity contribution in [1.82, 2.24) is 5.32 Å². The van der Waals surface area contributed by atoms with Crippen molar-refractivity contribution in [2.45, 2.75) is 45.6 Å². The second-order valence-electron chi connectivity index (χ2n) is 6.02. The minimum absolute atomic E-state index is 0.331. The standard InChI is InChI=1S/C15H21FN2O2/c1-15(7-3-2-4-8-15)11-17-10-12-5-6-14(18(19)20)13(16)9-12/h5-6,9,17H,2-4,7-8,10-11H2,1H3. The lowest BCUT2D eigenvalue weighted by atomic mass is 9.76. The molecule has 1 aliphatic rings. The maximum absolute atomic E-state index is 13.5. The van der Waals surface area contributed by atoms with E-state index in [1.54, 1.807) is 6.07 Å². The average Bonchev–Trinajstić information content (AvgIpc) is 2.39. The Kier molecular flexibility index (Phi) is 4.70. The molecule has 1 fully saturated rings. The van der Waals surface area contributed by atoms with Crippen molar-refractivity contribution >= 4 is 5.69 Å². The van der Waals surface area contributed by atoms with Gasteiger partial charge in [0.05, 0.1) is 4.92 Å². The van der Waals surface area contributed by atoms with Gasteiger partial charge in [0.2, 0.25) is 5.82 Å². The Bertz CT molecular complexity index is 485. The van der Waals surface area contributed by atoms with Crippen molar-refractivity contribution in [2.24, 2.45) is 5.41 Å². The van der Waals surface area contributed by atoms with Gasteiger partial charge < -0.3 is 5.32 Å². The molecule has 0 aromatic heterocycles. The Hall–Kier alpha value is -1.49. The highest BCUT2D eigenvalue weighted by Gasteiger charge is 2.26. The van der Waals surface area contributed by atoms with Crippen LogP contribution in [0.4, 0.5) is 10.1 Å². The molecule has 0 amide bonds. The van der Waals surface area contributed by atoms with Crippen LogP contribution in [0.2, 0.25) is 0 Å². The van der Waals surface area contributed by atoms with E-state index in [-0.39, 0.29) is 0 Å². The molecule has 0 aliphatic heterocycles. The molecule has 1 aliphatic carbocycles. The van der Waals surface area contributed by atoms with Crippen molar-refractivity contribution in [3.8, 4) is 0 Å². The third-order valence-electron chi connectivity index (χ3n) is 4.15. The zero-order chi connectivity index (χ0) is 14.6. The van der Waals surface area contributed by atoms with Gasteiger partial charge in [-0.25, -0.2) is 0 Å². The minimum atomic E-state index is -0.766. The summed E-state index contributed by atoms with van der Waals surface area (Å²) in [7, 11) is 0. The molecule has 0 unspecified atom stereocenters. The third-order valence-corrected chi connectivity index (χ3v) is 4.15. The van der Waals surface area contributed by atoms with Crippen LogP contribution in [0.25, 0.3) is 0 Å². The van der Waals surface area contributed by atoms with E-state index in [0.717, 1.165) is 12.1 Å². The number of nitro benzene ring substituents is 1. The molecule has 0 heterocycles. The third kappa shape index (κ3) is 3.76. The van der Waals surface area contributed by atoms with Crippen LogP contribution >= 0.6 is 0 Å². The maximum atomic E-state index is 13.5. The predicted molar refractivity (Wildman–Crippen MR) is 76.0 cm³/mol. The van der Waals surface area contributed by atoms with E-state index >= 15 is 0 Å². The number of hydrogen-bond donors (Lipinski definition) is 1. The van der Waals surface area contributed by atoms with Crippen LogP contribution in [-0.4, -0.2) is 11.5 Å². The first-order chi connectivity index (χ1) is 9.50. The molecule has 1 aromatic carbocycles. The predicted octanol–water partition coefficient (Wildman–Crippen LogP) is 3.79. The highest BCUT2D eigenvalue weighted by atomic mass is 19.1. The number of nitrogens with one attached hydrogen (secondary N) is 1. The summed E-state index contributed by atoms with van der Waals surface area (Å²) in [5, 5.41) is 13.9. The first-order valence-electron chi connectivity index (χ1n) is 7.14. The van der Waals surface area contributed by atoms with Gasteiger partial charge >= 0.3 is 5.69 Å². The Morgan fingerprint density at radius 1 is 1.35 bits per heavy atom. The molecule has 0 radical (unpaired) electrons. The van der Waals surface area contributed by atoms with Crippen molar-refractivity contribution in [3.63, 3.8) is 0 Å². The second-order valence-corrected chi connectivity index (χ2v) is 6.02. The lowest BCUT2D eigenvalue weighted by Crippen LogP contribution is -2.33. The first-order valence-corrected chi connectivity index (χ1v) is 7.14. The topological polar surface area (TPSA) is 55.2 Å². The van der Waals surface area contributed by atoms with Crippen molar-refractivity contribution < 1.29 is 9.31 Å². The number of halogens is 1. The lowest BCUT2D eigenvalue weighted by molar-refractivity contribution is -0.387. The molecule has 4 nitrogen and oxygen atoms in total. The Morgan fingerprint density at radius 2 is 2.05 bits per heavy atom. The first kappa shape index (κ1) is 14.9. The molecule has 1 saturated carbocycles. The summed E-state index contributed by atoms with van der Waals surface area (Å²) in [4.78, 5) is 9.85. The maximum Gasteiger partial charge on any atom is 0.304 e. The fourth-order valence-corrected chi connectivity index (χ4v) is 2.90. The van der Waals surface area contributed by atoms with Gasteiger partial charge in [-0.05, 0) is 29.9 Å². The van der Waals surface area contributed by atoms with Gasteiger partial charge in [0.25, 0.3) is 0 Å². The summed E-state index contributed by atoms with van der Waals surface area (Å²) in [5.74, 6) is -0.766. The fourth-order valence-electron chi connectivity index (χ4n) is 2.90. The van der Waals surface area contributed by atoms with Crippen LogP contribution in [0.3, 0.4) is 0 Å². The molecule has 0 atom stereocenters. The van der Waals surface area contributed by atoms with Crippen molar-refractivity contribution in [3.05, 3.63) is 39.7 Å². The fraction of sp³-hybridized carbons (Fsp3) is 0.600. The van der Waals surface area contributed by atoms with Crippen molar-refractivity contribution in [2.75, 3.05) is 6.54 Å². The summed E-state index contributed by atoms with van der Waals surface area (Å²) >= 11 is 0.